The number of rotatable bonds is 2. The quantitative estimate of drug-likeness (QED) is 0.564. The Morgan fingerprint density at radius 2 is 1.83 bits per heavy atom. The van der Waals surface area contributed by atoms with Crippen molar-refractivity contribution in [2.75, 3.05) is 0 Å². The van der Waals surface area contributed by atoms with Crippen LogP contribution in [0, 0.1) is 5.82 Å². The van der Waals surface area contributed by atoms with Crippen molar-refractivity contribution >= 4 is 17.2 Å². The van der Waals surface area contributed by atoms with E-state index >= 15 is 0 Å². The van der Waals surface area contributed by atoms with Crippen molar-refractivity contribution in [2.45, 2.75) is 0 Å². The Bertz CT molecular complexity index is 1000. The van der Waals surface area contributed by atoms with Gasteiger partial charge >= 0.3 is 0 Å². The van der Waals surface area contributed by atoms with Crippen LogP contribution in [0.1, 0.15) is 0 Å². The normalized spacial score (nSPS) is 11.0. The van der Waals surface area contributed by atoms with Crippen molar-refractivity contribution in [1.82, 2.24) is 24.6 Å². The average Bonchev–Trinajstić information content (AvgIpc) is 3.06. The van der Waals surface area contributed by atoms with Gasteiger partial charge in [-0.1, -0.05) is 11.6 Å². The highest BCUT2D eigenvalue weighted by Gasteiger charge is 2.12. The van der Waals surface area contributed by atoms with E-state index in [4.69, 9.17) is 11.6 Å². The third-order valence-corrected chi connectivity index (χ3v) is 3.74. The van der Waals surface area contributed by atoms with Crippen molar-refractivity contribution < 1.29 is 4.39 Å². The first-order chi connectivity index (χ1) is 11.2. The Balaban J connectivity index is 1.98. The van der Waals surface area contributed by atoms with E-state index in [9.17, 15) is 4.39 Å². The highest BCUT2D eigenvalue weighted by atomic mass is 35.5. The molecule has 112 valence electrons. The van der Waals surface area contributed by atoms with Crippen LogP contribution in [0.5, 0.6) is 0 Å². The molecule has 23 heavy (non-hydrogen) atoms. The van der Waals surface area contributed by atoms with Gasteiger partial charge in [0.15, 0.2) is 5.65 Å². The Morgan fingerprint density at radius 3 is 2.61 bits per heavy atom. The predicted octanol–water partition coefficient (Wildman–Crippen LogP) is 3.65. The van der Waals surface area contributed by atoms with Crippen LogP contribution >= 0.6 is 11.6 Å². The minimum atomic E-state index is -0.472. The van der Waals surface area contributed by atoms with Crippen LogP contribution in [0.2, 0.25) is 5.02 Å². The lowest BCUT2D eigenvalue weighted by atomic mass is 10.1. The number of nitrogens with zero attached hydrogens (tertiary/aromatic N) is 5. The van der Waals surface area contributed by atoms with E-state index in [1.54, 1.807) is 29.2 Å². The summed E-state index contributed by atoms with van der Waals surface area (Å²) in [5.41, 5.74) is 2.95. The molecule has 0 radical (unpaired) electrons. The number of fused-ring (bicyclic) bond motifs is 1. The topological polar surface area (TPSA) is 56.0 Å². The monoisotopic (exact) mass is 325 g/mol. The molecule has 0 aliphatic rings. The van der Waals surface area contributed by atoms with Crippen LogP contribution in [-0.4, -0.2) is 24.6 Å². The summed E-state index contributed by atoms with van der Waals surface area (Å²) in [6.07, 6.45) is 4.95. The molecule has 0 aliphatic carbocycles. The molecular formula is C16H9ClFN5. The molecule has 0 amide bonds. The molecule has 0 saturated carbocycles. The molecule has 7 heteroatoms. The van der Waals surface area contributed by atoms with Crippen LogP contribution in [-0.2, 0) is 0 Å². The molecule has 0 bridgehead atoms. The highest BCUT2D eigenvalue weighted by Crippen LogP contribution is 2.27. The molecule has 3 aromatic heterocycles. The second-order valence-electron chi connectivity index (χ2n) is 4.89. The van der Waals surface area contributed by atoms with Gasteiger partial charge in [-0.25, -0.2) is 9.37 Å². The molecular weight excluding hydrogens is 317 g/mol. The van der Waals surface area contributed by atoms with Gasteiger partial charge in [-0.05, 0) is 30.3 Å². The van der Waals surface area contributed by atoms with Crippen LogP contribution in [0.15, 0.2) is 55.1 Å². The number of aromatic nitrogens is 5. The van der Waals surface area contributed by atoms with Gasteiger partial charge in [0, 0.05) is 29.6 Å². The summed E-state index contributed by atoms with van der Waals surface area (Å²) >= 11 is 5.89. The zero-order valence-electron chi connectivity index (χ0n) is 11.7. The van der Waals surface area contributed by atoms with Crippen LogP contribution < -0.4 is 0 Å². The molecule has 0 unspecified atom stereocenters. The third kappa shape index (κ3) is 2.43. The van der Waals surface area contributed by atoms with E-state index in [0.29, 0.717) is 17.0 Å². The lowest BCUT2D eigenvalue weighted by molar-refractivity contribution is 0.628. The van der Waals surface area contributed by atoms with E-state index in [-0.39, 0.29) is 5.02 Å². The standard InChI is InChI=1S/C16H9ClFN5/c17-12-7-11(1-2-13(12)18)16-21-14(10-3-5-19-6-4-10)8-15-22-20-9-23(15)16/h1-9H. The summed E-state index contributed by atoms with van der Waals surface area (Å²) in [5.74, 6) is 0.113. The highest BCUT2D eigenvalue weighted by molar-refractivity contribution is 6.31. The van der Waals surface area contributed by atoms with Gasteiger partial charge in [-0.3, -0.25) is 9.38 Å². The molecule has 3 heterocycles. The fourth-order valence-corrected chi connectivity index (χ4v) is 2.52. The molecule has 0 fully saturated rings. The molecule has 1 aromatic carbocycles. The fraction of sp³-hybridized carbons (Fsp3) is 0. The Hall–Kier alpha value is -2.86. The number of hydrogen-bond acceptors (Lipinski definition) is 4. The second-order valence-corrected chi connectivity index (χ2v) is 5.30. The number of hydrogen-bond donors (Lipinski definition) is 0. The van der Waals surface area contributed by atoms with Crippen LogP contribution in [0.25, 0.3) is 28.3 Å². The molecule has 0 aliphatic heterocycles. The van der Waals surface area contributed by atoms with E-state index in [2.05, 4.69) is 20.2 Å². The van der Waals surface area contributed by atoms with E-state index in [1.807, 2.05) is 18.2 Å². The van der Waals surface area contributed by atoms with Crippen LogP contribution in [0.4, 0.5) is 4.39 Å². The predicted molar refractivity (Wildman–Crippen MR) is 84.4 cm³/mol. The summed E-state index contributed by atoms with van der Waals surface area (Å²) in [7, 11) is 0. The second kappa shape index (κ2) is 5.40. The average molecular weight is 326 g/mol. The Kier molecular flexibility index (Phi) is 3.24. The van der Waals surface area contributed by atoms with Gasteiger partial charge in [-0.15, -0.1) is 10.2 Å². The number of benzene rings is 1. The van der Waals surface area contributed by atoms with E-state index < -0.39 is 5.82 Å². The van der Waals surface area contributed by atoms with Gasteiger partial charge < -0.3 is 0 Å². The fourth-order valence-electron chi connectivity index (χ4n) is 2.34. The molecule has 0 spiro atoms. The Labute approximate surface area is 135 Å². The lowest BCUT2D eigenvalue weighted by Crippen LogP contribution is -1.98. The maximum absolute atomic E-state index is 13.4. The molecule has 0 N–H and O–H groups in total. The summed E-state index contributed by atoms with van der Waals surface area (Å²) in [6.45, 7) is 0. The zero-order chi connectivity index (χ0) is 15.8. The summed E-state index contributed by atoms with van der Waals surface area (Å²) in [5, 5.41) is 8.04. The number of pyridine rings is 1. The van der Waals surface area contributed by atoms with Gasteiger partial charge in [0.05, 0.1) is 10.7 Å². The molecule has 0 saturated heterocycles. The van der Waals surface area contributed by atoms with Crippen LogP contribution in [0.3, 0.4) is 0 Å². The summed E-state index contributed by atoms with van der Waals surface area (Å²) < 4.78 is 15.2. The van der Waals surface area contributed by atoms with E-state index in [1.165, 1.54) is 12.1 Å². The molecule has 4 rings (SSSR count). The molecule has 5 nitrogen and oxygen atoms in total. The lowest BCUT2D eigenvalue weighted by Gasteiger charge is -2.08. The third-order valence-electron chi connectivity index (χ3n) is 3.45. The molecule has 4 aromatic rings. The molecule has 0 atom stereocenters. The minimum Gasteiger partial charge on any atom is -0.265 e. The minimum absolute atomic E-state index is 0.0415. The van der Waals surface area contributed by atoms with Crippen molar-refractivity contribution in [3.8, 4) is 22.6 Å². The van der Waals surface area contributed by atoms with Gasteiger partial charge in [0.25, 0.3) is 0 Å². The smallest absolute Gasteiger partial charge is 0.164 e. The van der Waals surface area contributed by atoms with Gasteiger partial charge in [0.1, 0.15) is 18.0 Å². The van der Waals surface area contributed by atoms with Crippen molar-refractivity contribution in [3.63, 3.8) is 0 Å². The van der Waals surface area contributed by atoms with Crippen molar-refractivity contribution in [2.24, 2.45) is 0 Å². The zero-order valence-corrected chi connectivity index (χ0v) is 12.4. The largest absolute Gasteiger partial charge is 0.265 e. The van der Waals surface area contributed by atoms with Crippen molar-refractivity contribution in [1.29, 1.82) is 0 Å². The summed E-state index contributed by atoms with van der Waals surface area (Å²) in [4.78, 5) is 8.66. The first kappa shape index (κ1) is 13.8. The first-order valence-electron chi connectivity index (χ1n) is 6.79. The number of halogens is 2. The Morgan fingerprint density at radius 1 is 1.00 bits per heavy atom. The SMILES string of the molecule is Fc1ccc(-c2nc(-c3ccncc3)cc3nncn23)cc1Cl. The summed E-state index contributed by atoms with van der Waals surface area (Å²) in [6, 6.07) is 10.0. The van der Waals surface area contributed by atoms with Crippen molar-refractivity contribution in [3.05, 3.63) is 66.0 Å². The maximum Gasteiger partial charge on any atom is 0.164 e. The first-order valence-corrected chi connectivity index (χ1v) is 7.17. The van der Waals surface area contributed by atoms with E-state index in [0.717, 1.165) is 11.3 Å². The van der Waals surface area contributed by atoms with Gasteiger partial charge in [0.2, 0.25) is 0 Å². The van der Waals surface area contributed by atoms with Gasteiger partial charge in [-0.2, -0.15) is 0 Å². The maximum atomic E-state index is 13.4.